The number of esters is 3. The van der Waals surface area contributed by atoms with Crippen molar-refractivity contribution in [2.45, 2.75) is 200 Å². The zero-order valence-corrected chi connectivity index (χ0v) is 30.3. The second-order valence-corrected chi connectivity index (χ2v) is 12.8. The summed E-state index contributed by atoms with van der Waals surface area (Å²) >= 11 is 0. The maximum Gasteiger partial charge on any atom is 0.306 e. The van der Waals surface area contributed by atoms with E-state index in [1.165, 1.54) is 77.0 Å². The van der Waals surface area contributed by atoms with Crippen LogP contribution in [0.5, 0.6) is 0 Å². The number of hydrogen-bond donors (Lipinski definition) is 0. The molecule has 1 unspecified atom stereocenters. The van der Waals surface area contributed by atoms with Crippen LogP contribution in [0.2, 0.25) is 0 Å². The molecule has 6 nitrogen and oxygen atoms in total. The van der Waals surface area contributed by atoms with Gasteiger partial charge in [-0.2, -0.15) is 0 Å². The lowest BCUT2D eigenvalue weighted by Gasteiger charge is -2.18. The summed E-state index contributed by atoms with van der Waals surface area (Å²) in [5, 5.41) is 0. The van der Waals surface area contributed by atoms with Crippen LogP contribution >= 0.6 is 0 Å². The van der Waals surface area contributed by atoms with E-state index in [9.17, 15) is 14.4 Å². The molecule has 0 N–H and O–H groups in total. The zero-order chi connectivity index (χ0) is 33.8. The number of allylic oxidation sites excluding steroid dienone is 4. The Bertz CT molecular complexity index is 759. The molecule has 6 heteroatoms. The molecule has 0 fully saturated rings. The Morgan fingerprint density at radius 3 is 1.24 bits per heavy atom. The molecule has 0 spiro atoms. The molecule has 268 valence electrons. The van der Waals surface area contributed by atoms with Crippen LogP contribution in [0.15, 0.2) is 24.3 Å². The molecule has 0 saturated heterocycles. The second-order valence-electron chi connectivity index (χ2n) is 12.8. The largest absolute Gasteiger partial charge is 0.462 e. The minimum Gasteiger partial charge on any atom is -0.462 e. The van der Waals surface area contributed by atoms with Crippen LogP contribution in [0.25, 0.3) is 0 Å². The van der Waals surface area contributed by atoms with Gasteiger partial charge in [-0.15, -0.1) is 0 Å². The van der Waals surface area contributed by atoms with E-state index in [-0.39, 0.29) is 31.1 Å². The van der Waals surface area contributed by atoms with E-state index < -0.39 is 6.10 Å². The summed E-state index contributed by atoms with van der Waals surface area (Å²) in [5.41, 5.74) is 0. The molecular weight excluding hydrogens is 576 g/mol. The molecule has 0 aromatic heterocycles. The SMILES string of the molecule is CCCCC/C=C\C/C=C\CCCCCCCC(=O)OCC(COC(=O)CCCCCCCC)OC(=O)CCCCCCCCC. The average Bonchev–Trinajstić information content (AvgIpc) is 3.05. The molecule has 0 saturated carbocycles. The molecule has 0 aliphatic carbocycles. The Hall–Kier alpha value is -2.11. The lowest BCUT2D eigenvalue weighted by molar-refractivity contribution is -0.167. The fourth-order valence-corrected chi connectivity index (χ4v) is 5.23. The first-order valence-corrected chi connectivity index (χ1v) is 19.3. The van der Waals surface area contributed by atoms with Gasteiger partial charge in [0.15, 0.2) is 6.10 Å². The molecule has 0 amide bonds. The topological polar surface area (TPSA) is 78.9 Å². The summed E-state index contributed by atoms with van der Waals surface area (Å²) in [6, 6.07) is 0. The van der Waals surface area contributed by atoms with Crippen molar-refractivity contribution in [1.82, 2.24) is 0 Å². The maximum atomic E-state index is 12.5. The molecule has 0 radical (unpaired) electrons. The zero-order valence-electron chi connectivity index (χ0n) is 30.3. The molecule has 0 aliphatic heterocycles. The van der Waals surface area contributed by atoms with Gasteiger partial charge >= 0.3 is 17.9 Å². The van der Waals surface area contributed by atoms with Gasteiger partial charge in [-0.05, 0) is 51.4 Å². The van der Waals surface area contributed by atoms with Gasteiger partial charge in [0.1, 0.15) is 13.2 Å². The van der Waals surface area contributed by atoms with Crippen LogP contribution in [0.4, 0.5) is 0 Å². The predicted molar refractivity (Wildman–Crippen MR) is 192 cm³/mol. The van der Waals surface area contributed by atoms with E-state index >= 15 is 0 Å². The van der Waals surface area contributed by atoms with Gasteiger partial charge in [-0.3, -0.25) is 14.4 Å². The van der Waals surface area contributed by atoms with Gasteiger partial charge in [0, 0.05) is 19.3 Å². The van der Waals surface area contributed by atoms with E-state index in [2.05, 4.69) is 45.1 Å². The minimum absolute atomic E-state index is 0.0750. The highest BCUT2D eigenvalue weighted by molar-refractivity contribution is 5.71. The van der Waals surface area contributed by atoms with Crippen LogP contribution in [-0.4, -0.2) is 37.2 Å². The molecular formula is C40H72O6. The molecule has 0 aromatic carbocycles. The van der Waals surface area contributed by atoms with Gasteiger partial charge in [0.05, 0.1) is 0 Å². The van der Waals surface area contributed by atoms with Crippen LogP contribution in [0, 0.1) is 0 Å². The average molecular weight is 649 g/mol. The van der Waals surface area contributed by atoms with Crippen molar-refractivity contribution in [3.05, 3.63) is 24.3 Å². The number of ether oxygens (including phenoxy) is 3. The number of rotatable bonds is 34. The van der Waals surface area contributed by atoms with E-state index in [0.29, 0.717) is 19.3 Å². The van der Waals surface area contributed by atoms with Crippen molar-refractivity contribution in [1.29, 1.82) is 0 Å². The van der Waals surface area contributed by atoms with E-state index in [4.69, 9.17) is 14.2 Å². The lowest BCUT2D eigenvalue weighted by atomic mass is 10.1. The van der Waals surface area contributed by atoms with Gasteiger partial charge in [0.25, 0.3) is 0 Å². The van der Waals surface area contributed by atoms with Crippen molar-refractivity contribution in [3.63, 3.8) is 0 Å². The molecule has 0 aliphatic rings. The van der Waals surface area contributed by atoms with Crippen LogP contribution in [0.1, 0.15) is 194 Å². The Balaban J connectivity index is 4.26. The van der Waals surface area contributed by atoms with Crippen molar-refractivity contribution < 1.29 is 28.6 Å². The highest BCUT2D eigenvalue weighted by Gasteiger charge is 2.19. The Kier molecular flexibility index (Phi) is 34.1. The summed E-state index contributed by atoms with van der Waals surface area (Å²) in [6.45, 7) is 6.47. The predicted octanol–water partition coefficient (Wildman–Crippen LogP) is 11.7. The third-order valence-corrected chi connectivity index (χ3v) is 8.21. The quantitative estimate of drug-likeness (QED) is 0.0299. The minimum atomic E-state index is -0.765. The normalized spacial score (nSPS) is 12.2. The van der Waals surface area contributed by atoms with E-state index in [1.807, 2.05) is 0 Å². The molecule has 1 atom stereocenters. The number of carbonyl (C=O) groups is 3. The Morgan fingerprint density at radius 1 is 0.435 bits per heavy atom. The molecule has 0 rings (SSSR count). The number of hydrogen-bond acceptors (Lipinski definition) is 6. The van der Waals surface area contributed by atoms with E-state index in [1.54, 1.807) is 0 Å². The molecule has 0 bridgehead atoms. The number of carbonyl (C=O) groups excluding carboxylic acids is 3. The van der Waals surface area contributed by atoms with Crippen LogP contribution in [-0.2, 0) is 28.6 Å². The summed E-state index contributed by atoms with van der Waals surface area (Å²) in [5.74, 6) is -0.910. The fraction of sp³-hybridized carbons (Fsp3) is 0.825. The molecule has 46 heavy (non-hydrogen) atoms. The summed E-state index contributed by atoms with van der Waals surface area (Å²) in [4.78, 5) is 37.2. The van der Waals surface area contributed by atoms with Gasteiger partial charge in [-0.1, -0.05) is 148 Å². The number of unbranched alkanes of at least 4 members (excludes halogenated alkanes) is 19. The molecule has 0 heterocycles. The Morgan fingerprint density at radius 2 is 0.783 bits per heavy atom. The van der Waals surface area contributed by atoms with Crippen LogP contribution in [0.3, 0.4) is 0 Å². The van der Waals surface area contributed by atoms with Crippen molar-refractivity contribution in [3.8, 4) is 0 Å². The van der Waals surface area contributed by atoms with Crippen molar-refractivity contribution in [2.75, 3.05) is 13.2 Å². The highest BCUT2D eigenvalue weighted by atomic mass is 16.6. The van der Waals surface area contributed by atoms with Crippen molar-refractivity contribution in [2.24, 2.45) is 0 Å². The smallest absolute Gasteiger partial charge is 0.306 e. The van der Waals surface area contributed by atoms with Crippen molar-refractivity contribution >= 4 is 17.9 Å². The third kappa shape index (κ3) is 33.3. The fourth-order valence-electron chi connectivity index (χ4n) is 5.23. The third-order valence-electron chi connectivity index (χ3n) is 8.21. The maximum absolute atomic E-state index is 12.5. The first-order valence-electron chi connectivity index (χ1n) is 19.3. The first-order chi connectivity index (χ1) is 22.5. The second kappa shape index (κ2) is 35.7. The van der Waals surface area contributed by atoms with Gasteiger partial charge in [-0.25, -0.2) is 0 Å². The monoisotopic (exact) mass is 649 g/mol. The summed E-state index contributed by atoms with van der Waals surface area (Å²) in [7, 11) is 0. The standard InChI is InChI=1S/C40H72O6/c1-4-7-10-13-16-17-18-19-20-21-22-23-25-27-30-33-39(42)45-36-37(35-44-38(41)32-29-26-15-12-9-6-3)46-40(43)34-31-28-24-14-11-8-5-2/h16-17,19-20,37H,4-15,18,21-36H2,1-3H3/b17-16-,20-19-. The highest BCUT2D eigenvalue weighted by Crippen LogP contribution is 2.12. The molecule has 0 aromatic rings. The Labute approximate surface area is 283 Å². The summed E-state index contributed by atoms with van der Waals surface area (Å²) in [6.07, 6.45) is 36.2. The van der Waals surface area contributed by atoms with Gasteiger partial charge in [0.2, 0.25) is 0 Å². The lowest BCUT2D eigenvalue weighted by Crippen LogP contribution is -2.30. The van der Waals surface area contributed by atoms with E-state index in [0.717, 1.165) is 77.0 Å². The first kappa shape index (κ1) is 43.9. The van der Waals surface area contributed by atoms with Crippen LogP contribution < -0.4 is 0 Å². The van der Waals surface area contributed by atoms with Gasteiger partial charge < -0.3 is 14.2 Å². The summed E-state index contributed by atoms with van der Waals surface area (Å²) < 4.78 is 16.5.